The van der Waals surface area contributed by atoms with Crippen molar-refractivity contribution in [2.24, 2.45) is 0 Å². The minimum Gasteiger partial charge on any atom is -0.329 e. The molecule has 1 fully saturated rings. The van der Waals surface area contributed by atoms with Gasteiger partial charge in [0.25, 0.3) is 5.91 Å². The van der Waals surface area contributed by atoms with Crippen LogP contribution in [0.1, 0.15) is 22.0 Å². The zero-order valence-corrected chi connectivity index (χ0v) is 15.6. The number of halogens is 2. The van der Waals surface area contributed by atoms with Crippen molar-refractivity contribution in [3.63, 3.8) is 0 Å². The number of hydrogen-bond donors (Lipinski definition) is 1. The largest absolute Gasteiger partial charge is 0.329 e. The Hall–Kier alpha value is -1.27. The summed E-state index contributed by atoms with van der Waals surface area (Å²) in [4.78, 5) is 20.2. The van der Waals surface area contributed by atoms with E-state index in [1.54, 1.807) is 24.0 Å². The number of aromatic nitrogens is 1. The van der Waals surface area contributed by atoms with E-state index in [0.717, 1.165) is 23.5 Å². The van der Waals surface area contributed by atoms with Crippen molar-refractivity contribution in [3.05, 3.63) is 58.9 Å². The molecule has 0 saturated carbocycles. The maximum absolute atomic E-state index is 13.1. The van der Waals surface area contributed by atoms with E-state index in [1.807, 2.05) is 41.6 Å². The fourth-order valence-electron chi connectivity index (χ4n) is 2.77. The molecule has 1 aliphatic rings. The number of nitrogens with one attached hydrogen (secondary N) is 1. The smallest absolute Gasteiger partial charge is 0.256 e. The summed E-state index contributed by atoms with van der Waals surface area (Å²) in [6.45, 7) is 2.15. The van der Waals surface area contributed by atoms with Crippen LogP contribution in [0.3, 0.4) is 0 Å². The van der Waals surface area contributed by atoms with Gasteiger partial charge in [0.1, 0.15) is 0 Å². The number of hydrogen-bond acceptors (Lipinski definition) is 4. The number of carbonyl (C=O) groups excluding carboxylic acids is 1. The maximum Gasteiger partial charge on any atom is 0.256 e. The summed E-state index contributed by atoms with van der Waals surface area (Å²) in [6.07, 6.45) is 5.54. The Morgan fingerprint density at radius 3 is 2.96 bits per heavy atom. The number of carbonyl (C=O) groups is 1. The van der Waals surface area contributed by atoms with Crippen LogP contribution in [0.25, 0.3) is 0 Å². The van der Waals surface area contributed by atoms with Crippen molar-refractivity contribution in [3.8, 4) is 0 Å². The second kappa shape index (κ2) is 8.72. The van der Waals surface area contributed by atoms with E-state index in [2.05, 4.69) is 10.3 Å². The molecule has 0 bridgehead atoms. The van der Waals surface area contributed by atoms with E-state index < -0.39 is 0 Å². The van der Waals surface area contributed by atoms with Crippen LogP contribution in [0.4, 0.5) is 0 Å². The molecular weight excluding hydrogens is 365 g/mol. The van der Waals surface area contributed by atoms with E-state index in [0.29, 0.717) is 17.1 Å². The van der Waals surface area contributed by atoms with E-state index in [1.165, 1.54) is 0 Å². The molecule has 1 saturated heterocycles. The van der Waals surface area contributed by atoms with Gasteiger partial charge < -0.3 is 10.2 Å². The van der Waals surface area contributed by atoms with Gasteiger partial charge in [-0.1, -0.05) is 17.7 Å². The van der Waals surface area contributed by atoms with Crippen LogP contribution in [0.2, 0.25) is 5.02 Å². The van der Waals surface area contributed by atoms with Crippen molar-refractivity contribution in [2.75, 3.05) is 25.9 Å². The molecule has 1 unspecified atom stereocenters. The molecule has 1 atom stereocenters. The number of rotatable bonds is 3. The molecule has 1 aromatic carbocycles. The first-order chi connectivity index (χ1) is 11.2. The molecule has 24 heavy (non-hydrogen) atoms. The molecule has 1 aliphatic heterocycles. The SMILES string of the molecule is CSc1ccc(Cl)c(C(=O)N2CCNCC2c2cccnc2)c1.Cl. The van der Waals surface area contributed by atoms with Crippen LogP contribution in [0, 0.1) is 0 Å². The van der Waals surface area contributed by atoms with E-state index in [4.69, 9.17) is 11.6 Å². The van der Waals surface area contributed by atoms with Crippen LogP contribution in [0.15, 0.2) is 47.6 Å². The summed E-state index contributed by atoms with van der Waals surface area (Å²) in [6, 6.07) is 9.47. The van der Waals surface area contributed by atoms with Gasteiger partial charge in [-0.05, 0) is 36.1 Å². The molecule has 7 heteroatoms. The molecule has 128 valence electrons. The standard InChI is InChI=1S/C17H18ClN3OS.ClH/c1-23-13-4-5-15(18)14(9-13)17(22)21-8-7-20-11-16(21)12-3-2-6-19-10-12;/h2-6,9-10,16,20H,7-8,11H2,1H3;1H. The maximum atomic E-state index is 13.1. The molecule has 0 aliphatic carbocycles. The average Bonchev–Trinajstić information content (AvgIpc) is 2.62. The normalized spacial score (nSPS) is 17.2. The molecule has 3 rings (SSSR count). The topological polar surface area (TPSA) is 45.2 Å². The Morgan fingerprint density at radius 1 is 1.42 bits per heavy atom. The number of amides is 1. The highest BCUT2D eigenvalue weighted by molar-refractivity contribution is 7.98. The van der Waals surface area contributed by atoms with Gasteiger partial charge in [-0.2, -0.15) is 0 Å². The molecule has 2 aromatic rings. The molecule has 1 N–H and O–H groups in total. The van der Waals surface area contributed by atoms with Crippen LogP contribution in [-0.4, -0.2) is 41.7 Å². The number of pyridine rings is 1. The van der Waals surface area contributed by atoms with Crippen LogP contribution >= 0.6 is 35.8 Å². The molecular formula is C17H19Cl2N3OS. The van der Waals surface area contributed by atoms with Crippen LogP contribution in [0.5, 0.6) is 0 Å². The monoisotopic (exact) mass is 383 g/mol. The Kier molecular flexibility index (Phi) is 6.92. The Morgan fingerprint density at radius 2 is 2.25 bits per heavy atom. The zero-order valence-electron chi connectivity index (χ0n) is 13.2. The van der Waals surface area contributed by atoms with Gasteiger partial charge in [0.15, 0.2) is 0 Å². The van der Waals surface area contributed by atoms with E-state index in [-0.39, 0.29) is 24.4 Å². The summed E-state index contributed by atoms with van der Waals surface area (Å²) in [5.74, 6) is -0.0266. The van der Waals surface area contributed by atoms with Gasteiger partial charge in [-0.25, -0.2) is 0 Å². The van der Waals surface area contributed by atoms with Gasteiger partial charge >= 0.3 is 0 Å². The first kappa shape index (κ1) is 19.1. The average molecular weight is 384 g/mol. The lowest BCUT2D eigenvalue weighted by atomic mass is 10.0. The van der Waals surface area contributed by atoms with E-state index >= 15 is 0 Å². The Balaban J connectivity index is 0.00000208. The minimum absolute atomic E-state index is 0. The van der Waals surface area contributed by atoms with Crippen LogP contribution < -0.4 is 5.32 Å². The highest BCUT2D eigenvalue weighted by Crippen LogP contribution is 2.28. The van der Waals surface area contributed by atoms with Crippen LogP contribution in [-0.2, 0) is 0 Å². The fraction of sp³-hybridized carbons (Fsp3) is 0.294. The lowest BCUT2D eigenvalue weighted by molar-refractivity contribution is 0.0634. The summed E-state index contributed by atoms with van der Waals surface area (Å²) in [7, 11) is 0. The predicted octanol–water partition coefficient (Wildman–Crippen LogP) is 3.67. The molecule has 1 amide bonds. The third-order valence-corrected chi connectivity index (χ3v) is 5.03. The summed E-state index contributed by atoms with van der Waals surface area (Å²) < 4.78 is 0. The van der Waals surface area contributed by atoms with Gasteiger partial charge in [-0.15, -0.1) is 24.2 Å². The van der Waals surface area contributed by atoms with Gasteiger partial charge in [0.05, 0.1) is 16.6 Å². The van der Waals surface area contributed by atoms with Gasteiger partial charge in [-0.3, -0.25) is 9.78 Å². The lowest BCUT2D eigenvalue weighted by Crippen LogP contribution is -2.48. The van der Waals surface area contributed by atoms with Crippen molar-refractivity contribution >= 4 is 41.7 Å². The highest BCUT2D eigenvalue weighted by atomic mass is 35.5. The highest BCUT2D eigenvalue weighted by Gasteiger charge is 2.29. The first-order valence-corrected chi connectivity index (χ1v) is 9.06. The zero-order chi connectivity index (χ0) is 16.2. The van der Waals surface area contributed by atoms with Gasteiger partial charge in [0, 0.05) is 36.9 Å². The van der Waals surface area contributed by atoms with E-state index in [9.17, 15) is 4.79 Å². The number of benzene rings is 1. The van der Waals surface area contributed by atoms with Crippen molar-refractivity contribution < 1.29 is 4.79 Å². The fourth-order valence-corrected chi connectivity index (χ4v) is 3.41. The first-order valence-electron chi connectivity index (χ1n) is 7.46. The molecule has 0 radical (unpaired) electrons. The Bertz CT molecular complexity index is 699. The number of nitrogens with zero attached hydrogens (tertiary/aromatic N) is 2. The lowest BCUT2D eigenvalue weighted by Gasteiger charge is -2.36. The third-order valence-electron chi connectivity index (χ3n) is 3.98. The van der Waals surface area contributed by atoms with Crippen molar-refractivity contribution in [1.82, 2.24) is 15.2 Å². The minimum atomic E-state index is -0.0287. The predicted molar refractivity (Wildman–Crippen MR) is 101 cm³/mol. The quantitative estimate of drug-likeness (QED) is 0.821. The molecule has 1 aromatic heterocycles. The number of thioether (sulfide) groups is 1. The number of piperazine rings is 1. The van der Waals surface area contributed by atoms with Gasteiger partial charge in [0.2, 0.25) is 0 Å². The summed E-state index contributed by atoms with van der Waals surface area (Å²) in [5, 5.41) is 3.84. The second-order valence-electron chi connectivity index (χ2n) is 5.35. The Labute approximate surface area is 157 Å². The molecule has 0 spiro atoms. The van der Waals surface area contributed by atoms with Crippen molar-refractivity contribution in [2.45, 2.75) is 10.9 Å². The summed E-state index contributed by atoms with van der Waals surface area (Å²) >= 11 is 7.88. The van der Waals surface area contributed by atoms with Crippen molar-refractivity contribution in [1.29, 1.82) is 0 Å². The molecule has 4 nitrogen and oxygen atoms in total. The molecule has 2 heterocycles. The third kappa shape index (κ3) is 4.03. The summed E-state index contributed by atoms with van der Waals surface area (Å²) in [5.41, 5.74) is 1.60. The second-order valence-corrected chi connectivity index (χ2v) is 6.64.